The van der Waals surface area contributed by atoms with Crippen molar-refractivity contribution in [2.45, 2.75) is 6.92 Å². The van der Waals surface area contributed by atoms with E-state index in [0.717, 1.165) is 11.1 Å². The third-order valence-electron chi connectivity index (χ3n) is 4.46. The molecule has 26 heavy (non-hydrogen) atoms. The van der Waals surface area contributed by atoms with Crippen LogP contribution in [0.2, 0.25) is 4.34 Å². The number of nitrogens with zero attached hydrogens (tertiary/aromatic N) is 5. The Balaban J connectivity index is 1.59. The topological polar surface area (TPSA) is 70.8 Å². The molecule has 0 atom stereocenters. The van der Waals surface area contributed by atoms with Crippen LogP contribution in [0.4, 0.5) is 0 Å². The normalized spacial score (nSPS) is 14.8. The number of fused-ring (bicyclic) bond motifs is 1. The molecule has 3 aromatic heterocycles. The Morgan fingerprint density at radius 1 is 1.15 bits per heavy atom. The molecule has 2 amide bonds. The summed E-state index contributed by atoms with van der Waals surface area (Å²) in [5.74, 6) is -0.118. The van der Waals surface area contributed by atoms with E-state index in [1.807, 2.05) is 24.4 Å². The molecular formula is C17H16ClN5O2S. The van der Waals surface area contributed by atoms with E-state index in [1.165, 1.54) is 11.3 Å². The number of hydrogen-bond acceptors (Lipinski definition) is 5. The maximum Gasteiger partial charge on any atom is 0.283 e. The molecule has 1 fully saturated rings. The van der Waals surface area contributed by atoms with Crippen molar-refractivity contribution < 1.29 is 9.59 Å². The highest BCUT2D eigenvalue weighted by atomic mass is 35.5. The molecule has 3 aromatic rings. The lowest BCUT2D eigenvalue weighted by atomic mass is 10.2. The second kappa shape index (κ2) is 6.69. The van der Waals surface area contributed by atoms with E-state index >= 15 is 0 Å². The molecule has 0 radical (unpaired) electrons. The second-order valence-corrected chi connectivity index (χ2v) is 7.63. The van der Waals surface area contributed by atoms with E-state index in [4.69, 9.17) is 11.6 Å². The standard InChI is InChI=1S/C17H16ClN5O2S/c1-11(24)21-6-8-22(9-7-21)17(25)16-20-14(15(18)26-16)12-10-19-23-5-3-2-4-13(12)23/h2-5,10H,6-9H2,1H3. The van der Waals surface area contributed by atoms with Gasteiger partial charge >= 0.3 is 0 Å². The SMILES string of the molecule is CC(=O)N1CCN(C(=O)c2nc(-c3cnn4ccccc34)c(Cl)s2)CC1. The number of thiazole rings is 1. The molecule has 0 aliphatic carbocycles. The minimum Gasteiger partial charge on any atom is -0.339 e. The summed E-state index contributed by atoms with van der Waals surface area (Å²) in [4.78, 5) is 32.1. The van der Waals surface area contributed by atoms with E-state index in [9.17, 15) is 9.59 Å². The molecule has 0 N–H and O–H groups in total. The molecule has 9 heteroatoms. The van der Waals surface area contributed by atoms with Crippen molar-refractivity contribution in [3.05, 3.63) is 39.9 Å². The first-order valence-corrected chi connectivity index (χ1v) is 9.38. The third kappa shape index (κ3) is 2.95. The van der Waals surface area contributed by atoms with Gasteiger partial charge in [0, 0.05) is 44.9 Å². The first-order valence-electron chi connectivity index (χ1n) is 8.18. The van der Waals surface area contributed by atoms with Crippen molar-refractivity contribution in [2.75, 3.05) is 26.2 Å². The Kier molecular flexibility index (Phi) is 4.37. The maximum absolute atomic E-state index is 12.8. The summed E-state index contributed by atoms with van der Waals surface area (Å²) in [7, 11) is 0. The van der Waals surface area contributed by atoms with Crippen LogP contribution < -0.4 is 0 Å². The summed E-state index contributed by atoms with van der Waals surface area (Å²) < 4.78 is 2.21. The number of pyridine rings is 1. The van der Waals surface area contributed by atoms with Crippen molar-refractivity contribution in [1.29, 1.82) is 0 Å². The number of aromatic nitrogens is 3. The molecule has 1 saturated heterocycles. The quantitative estimate of drug-likeness (QED) is 0.674. The number of rotatable bonds is 2. The zero-order chi connectivity index (χ0) is 18.3. The summed E-state index contributed by atoms with van der Waals surface area (Å²) in [6.45, 7) is 3.63. The van der Waals surface area contributed by atoms with Crippen molar-refractivity contribution in [1.82, 2.24) is 24.4 Å². The van der Waals surface area contributed by atoms with E-state index in [2.05, 4.69) is 10.1 Å². The largest absolute Gasteiger partial charge is 0.339 e. The summed E-state index contributed by atoms with van der Waals surface area (Å²) in [5, 5.41) is 4.65. The fourth-order valence-electron chi connectivity index (χ4n) is 3.04. The first-order chi connectivity index (χ1) is 12.5. The third-order valence-corrected chi connectivity index (χ3v) is 5.70. The lowest BCUT2D eigenvalue weighted by Crippen LogP contribution is -2.50. The highest BCUT2D eigenvalue weighted by Crippen LogP contribution is 2.35. The van der Waals surface area contributed by atoms with Crippen molar-refractivity contribution in [3.63, 3.8) is 0 Å². The molecule has 7 nitrogen and oxygen atoms in total. The molecule has 134 valence electrons. The van der Waals surface area contributed by atoms with Crippen molar-refractivity contribution in [2.24, 2.45) is 0 Å². The number of hydrogen-bond donors (Lipinski definition) is 0. The van der Waals surface area contributed by atoms with Gasteiger partial charge in [-0.15, -0.1) is 0 Å². The fourth-order valence-corrected chi connectivity index (χ4v) is 4.17. The number of carbonyl (C=O) groups is 2. The number of amides is 2. The lowest BCUT2D eigenvalue weighted by molar-refractivity contribution is -0.130. The molecule has 4 heterocycles. The van der Waals surface area contributed by atoms with Crippen LogP contribution in [0.1, 0.15) is 16.7 Å². The van der Waals surface area contributed by atoms with Gasteiger partial charge in [-0.05, 0) is 12.1 Å². The van der Waals surface area contributed by atoms with Crippen LogP contribution in [0, 0.1) is 0 Å². The average molecular weight is 390 g/mol. The average Bonchev–Trinajstić information content (AvgIpc) is 3.24. The molecule has 0 saturated carbocycles. The molecule has 0 spiro atoms. The van der Waals surface area contributed by atoms with Gasteiger partial charge in [0.1, 0.15) is 10.0 Å². The minimum absolute atomic E-state index is 0.0322. The Morgan fingerprint density at radius 2 is 1.88 bits per heavy atom. The molecule has 0 unspecified atom stereocenters. The summed E-state index contributed by atoms with van der Waals surface area (Å²) in [6, 6.07) is 5.74. The van der Waals surface area contributed by atoms with Gasteiger partial charge in [-0.1, -0.05) is 29.0 Å². The van der Waals surface area contributed by atoms with E-state index in [0.29, 0.717) is 41.2 Å². The van der Waals surface area contributed by atoms with Gasteiger partial charge in [0.25, 0.3) is 5.91 Å². The van der Waals surface area contributed by atoms with E-state index in [-0.39, 0.29) is 11.8 Å². The van der Waals surface area contributed by atoms with Crippen LogP contribution in [0.15, 0.2) is 30.6 Å². The van der Waals surface area contributed by atoms with Crippen LogP contribution in [0.25, 0.3) is 16.8 Å². The van der Waals surface area contributed by atoms with Gasteiger partial charge in [0.05, 0.1) is 11.7 Å². The molecule has 1 aliphatic heterocycles. The second-order valence-electron chi connectivity index (χ2n) is 6.03. The van der Waals surface area contributed by atoms with Crippen LogP contribution in [0.5, 0.6) is 0 Å². The van der Waals surface area contributed by atoms with E-state index in [1.54, 1.807) is 27.4 Å². The van der Waals surface area contributed by atoms with Gasteiger partial charge in [0.15, 0.2) is 5.01 Å². The molecular weight excluding hydrogens is 374 g/mol. The lowest BCUT2D eigenvalue weighted by Gasteiger charge is -2.33. The first kappa shape index (κ1) is 17.0. The fraction of sp³-hybridized carbons (Fsp3) is 0.294. The van der Waals surface area contributed by atoms with E-state index < -0.39 is 0 Å². The van der Waals surface area contributed by atoms with Gasteiger partial charge in [-0.2, -0.15) is 5.10 Å². The number of carbonyl (C=O) groups excluding carboxylic acids is 2. The Hall–Kier alpha value is -2.45. The van der Waals surface area contributed by atoms with Gasteiger partial charge in [-0.3, -0.25) is 9.59 Å². The molecule has 0 aromatic carbocycles. The summed E-state index contributed by atoms with van der Waals surface area (Å²) in [6.07, 6.45) is 3.55. The number of piperazine rings is 1. The van der Waals surface area contributed by atoms with Gasteiger partial charge < -0.3 is 9.80 Å². The molecule has 4 rings (SSSR count). The Morgan fingerprint density at radius 3 is 2.62 bits per heavy atom. The summed E-state index contributed by atoms with van der Waals surface area (Å²) in [5.41, 5.74) is 2.25. The van der Waals surface area contributed by atoms with Crippen LogP contribution in [0.3, 0.4) is 0 Å². The van der Waals surface area contributed by atoms with Gasteiger partial charge in [0.2, 0.25) is 5.91 Å². The van der Waals surface area contributed by atoms with Crippen LogP contribution in [-0.2, 0) is 4.79 Å². The van der Waals surface area contributed by atoms with Crippen molar-refractivity contribution >= 4 is 40.3 Å². The number of halogens is 1. The maximum atomic E-state index is 12.8. The predicted molar refractivity (Wildman–Crippen MR) is 99.5 cm³/mol. The Labute approximate surface area is 158 Å². The Bertz CT molecular complexity index is 990. The zero-order valence-corrected chi connectivity index (χ0v) is 15.6. The molecule has 0 bridgehead atoms. The highest BCUT2D eigenvalue weighted by Gasteiger charge is 2.27. The van der Waals surface area contributed by atoms with Crippen molar-refractivity contribution in [3.8, 4) is 11.3 Å². The highest BCUT2D eigenvalue weighted by molar-refractivity contribution is 7.18. The smallest absolute Gasteiger partial charge is 0.283 e. The zero-order valence-electron chi connectivity index (χ0n) is 14.1. The summed E-state index contributed by atoms with van der Waals surface area (Å²) >= 11 is 7.56. The van der Waals surface area contributed by atoms with Gasteiger partial charge in [-0.25, -0.2) is 9.50 Å². The van der Waals surface area contributed by atoms with Crippen LogP contribution >= 0.6 is 22.9 Å². The minimum atomic E-state index is -0.150. The monoisotopic (exact) mass is 389 g/mol. The predicted octanol–water partition coefficient (Wildman–Crippen LogP) is 2.42. The van der Waals surface area contributed by atoms with Crippen LogP contribution in [-0.4, -0.2) is 62.4 Å². The molecule has 1 aliphatic rings.